The average molecular weight is 425 g/mol. The van der Waals surface area contributed by atoms with Crippen molar-refractivity contribution in [1.82, 2.24) is 9.55 Å². The summed E-state index contributed by atoms with van der Waals surface area (Å²) in [5.74, 6) is 0.280. The van der Waals surface area contributed by atoms with Crippen LogP contribution in [0.2, 0.25) is 0 Å². The predicted octanol–water partition coefficient (Wildman–Crippen LogP) is 4.77. The van der Waals surface area contributed by atoms with Crippen LogP contribution in [0.5, 0.6) is 0 Å². The number of hydrogen-bond acceptors (Lipinski definition) is 3. The molecule has 0 spiro atoms. The van der Waals surface area contributed by atoms with E-state index in [1.807, 2.05) is 91.2 Å². The molecule has 1 aromatic heterocycles. The third kappa shape index (κ3) is 3.54. The van der Waals surface area contributed by atoms with Gasteiger partial charge in [-0.3, -0.25) is 19.1 Å². The number of carbonyl (C=O) groups is 2. The molecule has 4 aromatic rings. The second-order valence-corrected chi connectivity index (χ2v) is 8.26. The highest BCUT2D eigenvalue weighted by Gasteiger charge is 2.40. The number of carbonyl (C=O) groups excluding carboxylic acids is 2. The zero-order valence-corrected chi connectivity index (χ0v) is 18.1. The highest BCUT2D eigenvalue weighted by Crippen LogP contribution is 2.37. The van der Waals surface area contributed by atoms with E-state index in [1.54, 1.807) is 4.90 Å². The molecule has 1 aliphatic heterocycles. The van der Waals surface area contributed by atoms with Crippen molar-refractivity contribution < 1.29 is 9.59 Å². The Hall–Kier alpha value is -3.93. The Morgan fingerprint density at radius 1 is 0.969 bits per heavy atom. The number of aromatic nitrogens is 2. The van der Waals surface area contributed by atoms with E-state index in [1.165, 1.54) is 5.56 Å². The van der Waals surface area contributed by atoms with Crippen molar-refractivity contribution in [1.29, 1.82) is 0 Å². The smallest absolute Gasteiger partial charge is 0.253 e. The molecule has 2 amide bonds. The third-order valence-corrected chi connectivity index (χ3v) is 5.94. The maximum atomic E-state index is 13.5. The van der Waals surface area contributed by atoms with Crippen molar-refractivity contribution in [2.24, 2.45) is 0 Å². The van der Waals surface area contributed by atoms with Crippen LogP contribution < -0.4 is 10.2 Å². The van der Waals surface area contributed by atoms with Crippen molar-refractivity contribution >= 4 is 34.5 Å². The van der Waals surface area contributed by atoms with Gasteiger partial charge < -0.3 is 5.32 Å². The van der Waals surface area contributed by atoms with E-state index in [0.717, 1.165) is 27.8 Å². The van der Waals surface area contributed by atoms with Gasteiger partial charge >= 0.3 is 0 Å². The van der Waals surface area contributed by atoms with Crippen molar-refractivity contribution in [3.8, 4) is 0 Å². The Labute approximate surface area is 186 Å². The number of aryl methyl sites for hydroxylation is 2. The molecule has 1 unspecified atom stereocenters. The van der Waals surface area contributed by atoms with Crippen LogP contribution in [-0.4, -0.2) is 21.4 Å². The van der Waals surface area contributed by atoms with E-state index >= 15 is 0 Å². The van der Waals surface area contributed by atoms with E-state index < -0.39 is 6.04 Å². The maximum absolute atomic E-state index is 13.5. The molecule has 0 radical (unpaired) electrons. The molecule has 1 N–H and O–H groups in total. The number of amides is 2. The number of nitrogens with zero attached hydrogens (tertiary/aromatic N) is 3. The molecule has 0 aliphatic carbocycles. The fourth-order valence-corrected chi connectivity index (χ4v) is 4.21. The molecule has 5 rings (SSSR count). The lowest BCUT2D eigenvalue weighted by atomic mass is 10.1. The number of hydrogen-bond donors (Lipinski definition) is 1. The Kier molecular flexibility index (Phi) is 4.98. The lowest BCUT2D eigenvalue weighted by Gasteiger charge is -2.16. The van der Waals surface area contributed by atoms with Crippen LogP contribution in [0.3, 0.4) is 0 Å². The van der Waals surface area contributed by atoms with Crippen LogP contribution in [0, 0.1) is 13.8 Å². The molecule has 1 aliphatic rings. The molecule has 2 heterocycles. The molecule has 1 atom stereocenters. The van der Waals surface area contributed by atoms with Crippen molar-refractivity contribution in [3.05, 3.63) is 89.5 Å². The van der Waals surface area contributed by atoms with Gasteiger partial charge in [-0.15, -0.1) is 0 Å². The van der Waals surface area contributed by atoms with Crippen molar-refractivity contribution in [3.63, 3.8) is 0 Å². The minimum atomic E-state index is -0.633. The van der Waals surface area contributed by atoms with Gasteiger partial charge in [-0.05, 0) is 43.2 Å². The minimum absolute atomic E-state index is 0.0465. The van der Waals surface area contributed by atoms with Gasteiger partial charge in [-0.1, -0.05) is 60.2 Å². The average Bonchev–Trinajstić information content (AvgIpc) is 3.27. The molecule has 0 bridgehead atoms. The van der Waals surface area contributed by atoms with E-state index in [4.69, 9.17) is 4.98 Å². The number of anilines is 2. The summed E-state index contributed by atoms with van der Waals surface area (Å²) in [6.07, 6.45) is 0.0465. The Bertz CT molecular complexity index is 1320. The molecular weight excluding hydrogens is 400 g/mol. The molecule has 160 valence electrons. The topological polar surface area (TPSA) is 67.2 Å². The Morgan fingerprint density at radius 3 is 2.47 bits per heavy atom. The molecule has 6 nitrogen and oxygen atoms in total. The van der Waals surface area contributed by atoms with Gasteiger partial charge in [0.1, 0.15) is 6.04 Å². The third-order valence-electron chi connectivity index (χ3n) is 5.94. The second kappa shape index (κ2) is 7.96. The summed E-state index contributed by atoms with van der Waals surface area (Å²) in [5, 5.41) is 2.96. The number of imidazole rings is 1. The summed E-state index contributed by atoms with van der Waals surface area (Å²) in [6.45, 7) is 4.40. The first-order valence-electron chi connectivity index (χ1n) is 10.7. The monoisotopic (exact) mass is 424 g/mol. The Morgan fingerprint density at radius 2 is 1.69 bits per heavy atom. The SMILES string of the molecule is Cc1ccc(CN2C(=O)C(CC(=O)Nc3ccccc3C)n3c2nc2ccccc23)cc1. The maximum Gasteiger partial charge on any atom is 0.253 e. The van der Waals surface area contributed by atoms with Crippen LogP contribution in [-0.2, 0) is 16.1 Å². The zero-order valence-electron chi connectivity index (χ0n) is 18.1. The Balaban J connectivity index is 1.48. The van der Waals surface area contributed by atoms with Gasteiger partial charge in [0.05, 0.1) is 24.0 Å². The fourth-order valence-electron chi connectivity index (χ4n) is 4.21. The predicted molar refractivity (Wildman–Crippen MR) is 126 cm³/mol. The molecule has 3 aromatic carbocycles. The molecule has 0 saturated carbocycles. The minimum Gasteiger partial charge on any atom is -0.326 e. The standard InChI is InChI=1S/C26H24N4O2/c1-17-11-13-19(14-12-17)16-29-25(32)23(15-24(31)27-20-8-4-3-7-18(20)2)30-22-10-6-5-9-21(22)28-26(29)30/h3-14,23H,15-16H2,1-2H3,(H,27,31). The largest absolute Gasteiger partial charge is 0.326 e. The quantitative estimate of drug-likeness (QED) is 0.502. The van der Waals surface area contributed by atoms with Gasteiger partial charge in [0.15, 0.2) is 0 Å². The molecule has 0 saturated heterocycles. The van der Waals surface area contributed by atoms with E-state index in [2.05, 4.69) is 5.32 Å². The number of rotatable bonds is 5. The second-order valence-electron chi connectivity index (χ2n) is 8.26. The van der Waals surface area contributed by atoms with Gasteiger partial charge in [0, 0.05) is 5.69 Å². The fraction of sp³-hybridized carbons (Fsp3) is 0.192. The molecule has 32 heavy (non-hydrogen) atoms. The van der Waals surface area contributed by atoms with E-state index in [0.29, 0.717) is 12.5 Å². The van der Waals surface area contributed by atoms with Gasteiger partial charge in [0.2, 0.25) is 11.9 Å². The highest BCUT2D eigenvalue weighted by atomic mass is 16.2. The number of benzene rings is 3. The summed E-state index contributed by atoms with van der Waals surface area (Å²) >= 11 is 0. The van der Waals surface area contributed by atoms with Gasteiger partial charge in [0.25, 0.3) is 5.91 Å². The molecule has 6 heteroatoms. The number of nitrogens with one attached hydrogen (secondary N) is 1. The number of fused-ring (bicyclic) bond motifs is 3. The number of para-hydroxylation sites is 3. The van der Waals surface area contributed by atoms with Crippen LogP contribution in [0.15, 0.2) is 72.8 Å². The normalized spacial score (nSPS) is 15.2. The van der Waals surface area contributed by atoms with Crippen LogP contribution in [0.1, 0.15) is 29.2 Å². The first-order chi connectivity index (χ1) is 15.5. The lowest BCUT2D eigenvalue weighted by molar-refractivity contribution is -0.124. The first-order valence-corrected chi connectivity index (χ1v) is 10.7. The van der Waals surface area contributed by atoms with Crippen LogP contribution in [0.25, 0.3) is 11.0 Å². The summed E-state index contributed by atoms with van der Waals surface area (Å²) in [4.78, 5) is 32.8. The van der Waals surface area contributed by atoms with Gasteiger partial charge in [-0.25, -0.2) is 4.98 Å². The summed E-state index contributed by atoms with van der Waals surface area (Å²) in [6, 6.07) is 22.8. The summed E-state index contributed by atoms with van der Waals surface area (Å²) in [5.41, 5.74) is 5.60. The molecule has 0 fully saturated rings. The van der Waals surface area contributed by atoms with E-state index in [9.17, 15) is 9.59 Å². The lowest BCUT2D eigenvalue weighted by Crippen LogP contribution is -2.31. The summed E-state index contributed by atoms with van der Waals surface area (Å²) in [7, 11) is 0. The van der Waals surface area contributed by atoms with E-state index in [-0.39, 0.29) is 18.2 Å². The van der Waals surface area contributed by atoms with Crippen LogP contribution >= 0.6 is 0 Å². The van der Waals surface area contributed by atoms with Crippen LogP contribution in [0.4, 0.5) is 11.6 Å². The van der Waals surface area contributed by atoms with Crippen molar-refractivity contribution in [2.45, 2.75) is 32.9 Å². The van der Waals surface area contributed by atoms with Gasteiger partial charge in [-0.2, -0.15) is 0 Å². The highest BCUT2D eigenvalue weighted by molar-refractivity contribution is 6.05. The first kappa shape index (κ1) is 20.0. The molecular formula is C26H24N4O2. The zero-order chi connectivity index (χ0) is 22.2. The summed E-state index contributed by atoms with van der Waals surface area (Å²) < 4.78 is 1.91. The van der Waals surface area contributed by atoms with Crippen molar-refractivity contribution in [2.75, 3.05) is 10.2 Å².